The lowest BCUT2D eigenvalue weighted by molar-refractivity contribution is -0.116. The van der Waals surface area contributed by atoms with E-state index in [9.17, 15) is 9.59 Å². The van der Waals surface area contributed by atoms with E-state index in [-0.39, 0.29) is 11.9 Å². The Bertz CT molecular complexity index is 671. The quantitative estimate of drug-likeness (QED) is 0.855. The van der Waals surface area contributed by atoms with Gasteiger partial charge in [-0.15, -0.1) is 11.3 Å². The van der Waals surface area contributed by atoms with Gasteiger partial charge in [-0.3, -0.25) is 4.79 Å². The maximum atomic E-state index is 12.3. The largest absolute Gasteiger partial charge is 0.465 e. The van der Waals surface area contributed by atoms with Gasteiger partial charge >= 0.3 is 5.97 Å². The number of benzene rings is 1. The fourth-order valence-electron chi connectivity index (χ4n) is 2.33. The molecule has 0 aliphatic carbocycles. The van der Waals surface area contributed by atoms with Gasteiger partial charge in [0.25, 0.3) is 0 Å². The molecule has 0 fully saturated rings. The number of nitrogens with one attached hydrogen (secondary N) is 2. The highest BCUT2D eigenvalue weighted by atomic mass is 32.1. The van der Waals surface area contributed by atoms with E-state index in [1.54, 1.807) is 11.4 Å². The van der Waals surface area contributed by atoms with Crippen molar-refractivity contribution in [3.05, 3.63) is 46.2 Å². The van der Waals surface area contributed by atoms with Gasteiger partial charge in [0.05, 0.1) is 12.8 Å². The molecule has 1 aromatic heterocycles. The van der Waals surface area contributed by atoms with E-state index in [1.807, 2.05) is 24.3 Å². The highest BCUT2D eigenvalue weighted by Gasteiger charge is 2.27. The summed E-state index contributed by atoms with van der Waals surface area (Å²) in [6.45, 7) is 0. The predicted molar refractivity (Wildman–Crippen MR) is 81.8 cm³/mol. The Morgan fingerprint density at radius 3 is 2.90 bits per heavy atom. The van der Waals surface area contributed by atoms with Gasteiger partial charge in [-0.1, -0.05) is 18.2 Å². The molecule has 0 radical (unpaired) electrons. The maximum absolute atomic E-state index is 12.3. The zero-order valence-corrected chi connectivity index (χ0v) is 12.2. The van der Waals surface area contributed by atoms with Gasteiger partial charge < -0.3 is 15.4 Å². The third kappa shape index (κ3) is 2.62. The van der Waals surface area contributed by atoms with Gasteiger partial charge in [-0.05, 0) is 23.1 Å². The number of hydrogen-bond acceptors (Lipinski definition) is 5. The number of rotatable bonds is 3. The zero-order valence-electron chi connectivity index (χ0n) is 11.4. The number of hydrogen-bond donors (Lipinski definition) is 2. The second-order valence-electron chi connectivity index (χ2n) is 4.70. The molecule has 2 N–H and O–H groups in total. The number of carbonyl (C=O) groups is 2. The first-order chi connectivity index (χ1) is 10.2. The van der Waals surface area contributed by atoms with Crippen LogP contribution in [0.1, 0.15) is 15.2 Å². The summed E-state index contributed by atoms with van der Waals surface area (Å²) in [6, 6.07) is 9.22. The van der Waals surface area contributed by atoms with Crippen LogP contribution < -0.4 is 10.6 Å². The topological polar surface area (TPSA) is 67.4 Å². The molecule has 0 saturated carbocycles. The van der Waals surface area contributed by atoms with Crippen molar-refractivity contribution in [1.82, 2.24) is 0 Å². The number of fused-ring (bicyclic) bond motifs is 1. The number of anilines is 2. The summed E-state index contributed by atoms with van der Waals surface area (Å²) in [4.78, 5) is 24.3. The van der Waals surface area contributed by atoms with Crippen molar-refractivity contribution < 1.29 is 14.3 Å². The smallest absolute Gasteiger partial charge is 0.350 e. The minimum Gasteiger partial charge on any atom is -0.465 e. The molecule has 6 heteroatoms. The van der Waals surface area contributed by atoms with Crippen molar-refractivity contribution in [3.8, 4) is 0 Å². The molecule has 0 saturated heterocycles. The summed E-state index contributed by atoms with van der Waals surface area (Å²) >= 11 is 1.24. The normalized spacial score (nSPS) is 16.0. The van der Waals surface area contributed by atoms with Gasteiger partial charge in [0, 0.05) is 12.1 Å². The molecule has 1 aromatic carbocycles. The Hall–Kier alpha value is -2.34. The van der Waals surface area contributed by atoms with E-state index >= 15 is 0 Å². The molecule has 2 aromatic rings. The zero-order chi connectivity index (χ0) is 14.8. The Kier molecular flexibility index (Phi) is 3.62. The highest BCUT2D eigenvalue weighted by Crippen LogP contribution is 2.27. The number of carbonyl (C=O) groups excluding carboxylic acids is 2. The number of amides is 1. The lowest BCUT2D eigenvalue weighted by Crippen LogP contribution is -2.33. The van der Waals surface area contributed by atoms with Gasteiger partial charge in [-0.25, -0.2) is 4.79 Å². The predicted octanol–water partition coefficient (Wildman–Crippen LogP) is 2.51. The van der Waals surface area contributed by atoms with Crippen LogP contribution in [0.2, 0.25) is 0 Å². The third-order valence-electron chi connectivity index (χ3n) is 3.38. The summed E-state index contributed by atoms with van der Waals surface area (Å²) in [6.07, 6.45) is 0.639. The Labute approximate surface area is 125 Å². The maximum Gasteiger partial charge on any atom is 0.350 e. The van der Waals surface area contributed by atoms with Crippen molar-refractivity contribution in [2.45, 2.75) is 12.5 Å². The van der Waals surface area contributed by atoms with E-state index in [0.717, 1.165) is 11.3 Å². The van der Waals surface area contributed by atoms with E-state index < -0.39 is 5.97 Å². The van der Waals surface area contributed by atoms with Crippen molar-refractivity contribution in [2.24, 2.45) is 0 Å². The van der Waals surface area contributed by atoms with E-state index in [2.05, 4.69) is 10.6 Å². The summed E-state index contributed by atoms with van der Waals surface area (Å²) in [7, 11) is 1.32. The molecule has 1 atom stereocenters. The molecular formula is C15H14N2O3S. The molecular weight excluding hydrogens is 288 g/mol. The molecule has 2 heterocycles. The van der Waals surface area contributed by atoms with Crippen LogP contribution in [0, 0.1) is 0 Å². The molecule has 5 nitrogen and oxygen atoms in total. The number of para-hydroxylation sites is 1. The summed E-state index contributed by atoms with van der Waals surface area (Å²) in [5, 5.41) is 7.72. The SMILES string of the molecule is COC(=O)c1sccc1NC(=O)[C@@H]1Cc2ccccc2N1. The van der Waals surface area contributed by atoms with Crippen LogP contribution in [0.3, 0.4) is 0 Å². The fourth-order valence-corrected chi connectivity index (χ4v) is 3.10. The first-order valence-corrected chi connectivity index (χ1v) is 7.38. The third-order valence-corrected chi connectivity index (χ3v) is 4.28. The van der Waals surface area contributed by atoms with Crippen LogP contribution in [-0.2, 0) is 16.0 Å². The van der Waals surface area contributed by atoms with Gasteiger partial charge in [0.1, 0.15) is 10.9 Å². The van der Waals surface area contributed by atoms with Crippen molar-refractivity contribution >= 4 is 34.6 Å². The van der Waals surface area contributed by atoms with Crippen LogP contribution in [0.4, 0.5) is 11.4 Å². The first kappa shape index (κ1) is 13.6. The van der Waals surface area contributed by atoms with E-state index in [1.165, 1.54) is 18.4 Å². The van der Waals surface area contributed by atoms with Crippen LogP contribution >= 0.6 is 11.3 Å². The molecule has 21 heavy (non-hydrogen) atoms. The number of thiophene rings is 1. The van der Waals surface area contributed by atoms with Crippen molar-refractivity contribution in [1.29, 1.82) is 0 Å². The van der Waals surface area contributed by atoms with Crippen LogP contribution in [-0.4, -0.2) is 25.0 Å². The Balaban J connectivity index is 1.71. The van der Waals surface area contributed by atoms with Crippen molar-refractivity contribution in [2.75, 3.05) is 17.7 Å². The minimum atomic E-state index is -0.442. The lowest BCUT2D eigenvalue weighted by Gasteiger charge is -2.12. The lowest BCUT2D eigenvalue weighted by atomic mass is 10.1. The first-order valence-electron chi connectivity index (χ1n) is 6.50. The molecule has 1 aliphatic rings. The molecule has 108 valence electrons. The number of esters is 1. The molecule has 1 aliphatic heterocycles. The second kappa shape index (κ2) is 5.57. The number of ether oxygens (including phenoxy) is 1. The van der Waals surface area contributed by atoms with Crippen LogP contribution in [0.5, 0.6) is 0 Å². The van der Waals surface area contributed by atoms with Gasteiger partial charge in [0.2, 0.25) is 5.91 Å². The average Bonchev–Trinajstić information content (AvgIpc) is 3.12. The highest BCUT2D eigenvalue weighted by molar-refractivity contribution is 7.12. The monoisotopic (exact) mass is 302 g/mol. The molecule has 3 rings (SSSR count). The Morgan fingerprint density at radius 2 is 2.14 bits per heavy atom. The van der Waals surface area contributed by atoms with E-state index in [0.29, 0.717) is 17.0 Å². The van der Waals surface area contributed by atoms with Crippen molar-refractivity contribution in [3.63, 3.8) is 0 Å². The fraction of sp³-hybridized carbons (Fsp3) is 0.200. The number of methoxy groups -OCH3 is 1. The van der Waals surface area contributed by atoms with Crippen LogP contribution in [0.25, 0.3) is 0 Å². The summed E-state index contributed by atoms with van der Waals surface area (Å²) < 4.78 is 4.70. The molecule has 0 unspecified atom stereocenters. The minimum absolute atomic E-state index is 0.158. The second-order valence-corrected chi connectivity index (χ2v) is 5.62. The van der Waals surface area contributed by atoms with E-state index in [4.69, 9.17) is 4.74 Å². The standard InChI is InChI=1S/C15H14N2O3S/c1-20-15(19)13-11(6-7-21-13)17-14(18)12-8-9-4-2-3-5-10(9)16-12/h2-7,12,16H,8H2,1H3,(H,17,18)/t12-/m0/s1. The average molecular weight is 302 g/mol. The molecule has 1 amide bonds. The van der Waals surface area contributed by atoms with Gasteiger partial charge in [-0.2, -0.15) is 0 Å². The summed E-state index contributed by atoms with van der Waals surface area (Å²) in [5.41, 5.74) is 2.60. The van der Waals surface area contributed by atoms with Crippen LogP contribution in [0.15, 0.2) is 35.7 Å². The molecule has 0 spiro atoms. The molecule has 0 bridgehead atoms. The Morgan fingerprint density at radius 1 is 1.33 bits per heavy atom. The summed E-state index contributed by atoms with van der Waals surface area (Å²) in [5.74, 6) is -0.599. The van der Waals surface area contributed by atoms with Gasteiger partial charge in [0.15, 0.2) is 0 Å².